The Bertz CT molecular complexity index is 4500. The number of hydrogen-bond acceptors (Lipinski definition) is 3. The maximum atomic E-state index is 8.45. The molecule has 0 saturated carbocycles. The van der Waals surface area contributed by atoms with Crippen molar-refractivity contribution in [3.8, 4) is 66.8 Å². The molecule has 510 valence electrons. The average molecular weight is 1320 g/mol. The molecular weight excluding hydrogens is 1210 g/mol. The third-order valence-corrected chi connectivity index (χ3v) is 21.3. The van der Waals surface area contributed by atoms with E-state index in [1.807, 2.05) is 0 Å². The van der Waals surface area contributed by atoms with Crippen LogP contribution >= 0.6 is 0 Å². The lowest BCUT2D eigenvalue weighted by Crippen LogP contribution is -2.33. The number of aryl methyl sites for hydroxylation is 18. The van der Waals surface area contributed by atoms with E-state index in [1.54, 1.807) is 0 Å². The van der Waals surface area contributed by atoms with Crippen molar-refractivity contribution in [2.75, 3.05) is 0 Å². The van der Waals surface area contributed by atoms with Gasteiger partial charge in [-0.25, -0.2) is 0 Å². The summed E-state index contributed by atoms with van der Waals surface area (Å²) in [5, 5.41) is 7.02. The Labute approximate surface area is 599 Å². The Hall–Kier alpha value is -8.64. The lowest BCUT2D eigenvalue weighted by Gasteiger charge is -2.34. The maximum Gasteiger partial charge on any atom is 0.640 e. The molecule has 0 saturated heterocycles. The van der Waals surface area contributed by atoms with E-state index in [1.165, 1.54) is 199 Å². The molecule has 0 bridgehead atoms. The van der Waals surface area contributed by atoms with Gasteiger partial charge in [-0.15, -0.1) is 0 Å². The Morgan fingerprint density at radius 2 is 0.430 bits per heavy atom. The summed E-state index contributed by atoms with van der Waals surface area (Å²) in [6.45, 7) is 47.9. The molecule has 0 spiro atoms. The first-order chi connectivity index (χ1) is 47.9. The van der Waals surface area contributed by atoms with Gasteiger partial charge >= 0.3 is 7.32 Å². The molecule has 0 amide bonds. The second kappa shape index (κ2) is 29.5. The third kappa shape index (κ3) is 13.7. The normalized spacial score (nSPS) is 12.7. The van der Waals surface area contributed by atoms with Crippen LogP contribution in [0.5, 0.6) is 0 Å². The fourth-order valence-corrected chi connectivity index (χ4v) is 18.2. The van der Waals surface area contributed by atoms with Gasteiger partial charge in [0.05, 0.1) is 18.3 Å². The Balaban J connectivity index is 1.21. The zero-order valence-electron chi connectivity index (χ0n) is 63.9. The molecule has 100 heavy (non-hydrogen) atoms. The van der Waals surface area contributed by atoms with Crippen molar-refractivity contribution in [1.29, 1.82) is 0 Å². The van der Waals surface area contributed by atoms with Crippen LogP contribution in [0.1, 0.15) is 194 Å². The Morgan fingerprint density at radius 3 is 0.630 bits per heavy atom. The van der Waals surface area contributed by atoms with Crippen LogP contribution in [0.3, 0.4) is 0 Å². The van der Waals surface area contributed by atoms with Gasteiger partial charge in [0.15, 0.2) is 0 Å². The topological polar surface area (TPSA) is 27.7 Å². The molecule has 4 heteroatoms. The molecule has 0 aliphatic rings. The summed E-state index contributed by atoms with van der Waals surface area (Å²) < 4.78 is 25.3. The molecule has 0 aliphatic heterocycles. The fraction of sp³-hybridized carbons (Fsp3) is 0.312. The van der Waals surface area contributed by atoms with Gasteiger partial charge in [0, 0.05) is 0 Å². The van der Waals surface area contributed by atoms with E-state index in [0.717, 1.165) is 36.0 Å². The lowest BCUT2D eigenvalue weighted by atomic mass is 9.78. The molecule has 0 radical (unpaired) electrons. The number of fused-ring (bicyclic) bond motifs is 3. The van der Waals surface area contributed by atoms with Crippen molar-refractivity contribution in [3.63, 3.8) is 0 Å². The molecule has 3 nitrogen and oxygen atoms in total. The van der Waals surface area contributed by atoms with Crippen molar-refractivity contribution in [2.45, 2.75) is 202 Å². The van der Waals surface area contributed by atoms with E-state index in [9.17, 15) is 0 Å². The van der Waals surface area contributed by atoms with E-state index >= 15 is 0 Å². The summed E-state index contributed by atoms with van der Waals surface area (Å²) in [6, 6.07) is 63.0. The van der Waals surface area contributed by atoms with Crippen molar-refractivity contribution < 1.29 is 14.0 Å². The van der Waals surface area contributed by atoms with Gasteiger partial charge in [0.2, 0.25) is 0 Å². The molecule has 12 aromatic carbocycles. The highest BCUT2D eigenvalue weighted by Gasteiger charge is 2.40. The summed E-state index contributed by atoms with van der Waals surface area (Å²) in [5.74, 6) is 0. The highest BCUT2D eigenvalue weighted by Crippen LogP contribution is 2.54. The monoisotopic (exact) mass is 1320 g/mol. The maximum absolute atomic E-state index is 8.45. The van der Waals surface area contributed by atoms with Crippen LogP contribution in [-0.2, 0) is 14.0 Å². The van der Waals surface area contributed by atoms with Gasteiger partial charge < -0.3 is 14.0 Å². The number of benzene rings is 12. The molecule has 12 rings (SSSR count). The fourth-order valence-electron chi connectivity index (χ4n) is 18.2. The van der Waals surface area contributed by atoms with Crippen LogP contribution < -0.4 is 0 Å². The zero-order valence-corrected chi connectivity index (χ0v) is 63.9. The van der Waals surface area contributed by atoms with Crippen LogP contribution in [0.15, 0.2) is 164 Å². The molecule has 0 fully saturated rings. The number of rotatable bonds is 21. The van der Waals surface area contributed by atoms with Crippen LogP contribution in [0.4, 0.5) is 0 Å². The highest BCUT2D eigenvalue weighted by atomic mass is 16.7. The molecular formula is C96H105BO3. The summed E-state index contributed by atoms with van der Waals surface area (Å²) in [7, 11) is -1.21. The average Bonchev–Trinajstić information content (AvgIpc) is 0.745. The van der Waals surface area contributed by atoms with E-state index in [4.69, 9.17) is 14.0 Å². The summed E-state index contributed by atoms with van der Waals surface area (Å²) in [5.41, 5.74) is 40.8. The van der Waals surface area contributed by atoms with Crippen molar-refractivity contribution >= 4 is 39.6 Å². The minimum Gasteiger partial charge on any atom is -0.379 e. The van der Waals surface area contributed by atoms with Gasteiger partial charge in [0.25, 0.3) is 0 Å². The zero-order chi connectivity index (χ0) is 71.3. The second-order valence-corrected chi connectivity index (χ2v) is 30.0. The molecule has 0 aliphatic carbocycles. The van der Waals surface area contributed by atoms with Crippen LogP contribution in [-0.4, -0.2) is 7.32 Å². The van der Waals surface area contributed by atoms with E-state index < -0.39 is 25.6 Å². The van der Waals surface area contributed by atoms with Gasteiger partial charge in [-0.1, -0.05) is 219 Å². The van der Waals surface area contributed by atoms with Gasteiger partial charge in [0.1, 0.15) is 0 Å². The first-order valence-electron chi connectivity index (χ1n) is 37.0. The van der Waals surface area contributed by atoms with Crippen molar-refractivity contribution in [1.82, 2.24) is 0 Å². The van der Waals surface area contributed by atoms with Gasteiger partial charge in [-0.3, -0.25) is 0 Å². The van der Waals surface area contributed by atoms with Crippen molar-refractivity contribution in [2.24, 2.45) is 0 Å². The highest BCUT2D eigenvalue weighted by molar-refractivity contribution is 6.37. The number of hydrogen-bond donors (Lipinski definition) is 0. The van der Waals surface area contributed by atoms with Gasteiger partial charge in [-0.05, 0) is 345 Å². The van der Waals surface area contributed by atoms with Gasteiger partial charge in [-0.2, -0.15) is 0 Å². The predicted molar refractivity (Wildman–Crippen MR) is 432 cm³/mol. The first kappa shape index (κ1) is 71.2. The van der Waals surface area contributed by atoms with E-state index in [0.29, 0.717) is 19.3 Å². The predicted octanol–water partition coefficient (Wildman–Crippen LogP) is 27.7. The first-order valence-corrected chi connectivity index (χ1v) is 37.0. The molecule has 3 unspecified atom stereocenters. The van der Waals surface area contributed by atoms with E-state index in [2.05, 4.69) is 309 Å². The minimum absolute atomic E-state index is 0.519. The summed E-state index contributed by atoms with van der Waals surface area (Å²) in [6.07, 6.45) is 3.07. The Kier molecular flexibility index (Phi) is 21.0. The largest absolute Gasteiger partial charge is 0.640 e. The third-order valence-electron chi connectivity index (χ3n) is 21.3. The molecule has 0 aromatic heterocycles. The van der Waals surface area contributed by atoms with Crippen LogP contribution in [0.25, 0.3) is 99.1 Å². The van der Waals surface area contributed by atoms with E-state index in [-0.39, 0.29) is 0 Å². The minimum atomic E-state index is -1.21. The standard InChI is InChI=1S/C96H105BO3/c1-22-31-82(91-76-37-28-25-34-73(76)52-79(85-61(10)40-55(4)41-62(85)11)94(91)88-67(16)46-58(7)47-68(88)17)98-97(99-83(32-23-2)92-77-38-29-26-35-74(77)53-80(86-63(12)42-56(5)43-64(86)13)95(92)89-69(18)48-59(8)49-70(89)19)100-84(33-24-3)93-78-39-30-27-36-75(78)54-81(87-65(14)44-57(6)45-66(87)15)96(93)90-71(20)50-60(9)51-72(90)21/h25-30,34-54,82-84H,22-24,31-33H2,1-21H3. The quantitative estimate of drug-likeness (QED) is 0.0671. The van der Waals surface area contributed by atoms with Crippen molar-refractivity contribution in [3.05, 3.63) is 281 Å². The lowest BCUT2D eigenvalue weighted by molar-refractivity contribution is 0.000772. The summed E-state index contributed by atoms with van der Waals surface area (Å²) >= 11 is 0. The van der Waals surface area contributed by atoms with Crippen LogP contribution in [0.2, 0.25) is 0 Å². The molecule has 12 aromatic rings. The molecule has 0 heterocycles. The molecule has 3 atom stereocenters. The smallest absolute Gasteiger partial charge is 0.379 e. The SMILES string of the molecule is CCCC(OB(OC(CCC)c1c(-c2c(C)cc(C)cc2C)c(-c2c(C)cc(C)cc2C)cc2ccccc12)OC(CCC)c1c(-c2c(C)cc(C)cc2C)c(-c2c(C)cc(C)cc2C)cc2ccccc12)c1c(-c2c(C)cc(C)cc2C)c(-c2c(C)cc(C)cc2C)cc2ccccc12. The van der Waals surface area contributed by atoms with Crippen LogP contribution in [0, 0.1) is 125 Å². The molecule has 0 N–H and O–H groups in total. The Morgan fingerprint density at radius 1 is 0.240 bits per heavy atom. The second-order valence-electron chi connectivity index (χ2n) is 30.0. The summed E-state index contributed by atoms with van der Waals surface area (Å²) in [4.78, 5) is 0.